The number of carboxylic acids is 1. The highest BCUT2D eigenvalue weighted by Gasteiger charge is 2.04. The maximum absolute atomic E-state index is 10.6. The third-order valence-corrected chi connectivity index (χ3v) is 1.05. The van der Waals surface area contributed by atoms with Crippen molar-refractivity contribution in [3.05, 3.63) is 34.2 Å². The molecule has 1 aromatic heterocycles. The number of carbonyl (C=O) groups is 1. The van der Waals surface area contributed by atoms with Gasteiger partial charge in [0.25, 0.3) is 5.56 Å². The van der Waals surface area contributed by atoms with Gasteiger partial charge in [0, 0.05) is 6.20 Å². The zero-order chi connectivity index (χ0) is 7.56. The van der Waals surface area contributed by atoms with Gasteiger partial charge in [0.15, 0.2) is 0 Å². The number of aromatic nitrogens is 1. The fourth-order valence-corrected chi connectivity index (χ4v) is 0.590. The lowest BCUT2D eigenvalue weighted by Crippen LogP contribution is -2.15. The Bertz CT molecular complexity index is 307. The van der Waals surface area contributed by atoms with Crippen LogP contribution in [0.1, 0.15) is 10.4 Å². The molecule has 1 rings (SSSR count). The molecule has 1 heterocycles. The molecule has 0 saturated carbocycles. The van der Waals surface area contributed by atoms with Crippen molar-refractivity contribution in [2.75, 3.05) is 0 Å². The summed E-state index contributed by atoms with van der Waals surface area (Å²) in [5.41, 5.74) is -0.808. The van der Waals surface area contributed by atoms with Gasteiger partial charge >= 0.3 is 5.97 Å². The Balaban J connectivity index is 0.000001000. The predicted octanol–water partition coefficient (Wildman–Crippen LogP) is 0.495. The number of H-pyrrole nitrogens is 1. The summed E-state index contributed by atoms with van der Waals surface area (Å²) >= 11 is 0. The van der Waals surface area contributed by atoms with Gasteiger partial charge in [0.1, 0.15) is 5.56 Å². The molecule has 0 aliphatic rings. The number of aromatic amines is 1. The summed E-state index contributed by atoms with van der Waals surface area (Å²) in [7, 11) is 0. The molecule has 60 valence electrons. The van der Waals surface area contributed by atoms with Gasteiger partial charge in [0.05, 0.1) is 0 Å². The van der Waals surface area contributed by atoms with E-state index < -0.39 is 11.5 Å². The molecule has 0 fully saturated rings. The second-order valence-electron chi connectivity index (χ2n) is 1.72. The zero-order valence-electron chi connectivity index (χ0n) is 5.40. The SMILES string of the molecule is Cl.O=C(O)c1ccc[nH]c1=O. The third-order valence-electron chi connectivity index (χ3n) is 1.05. The highest BCUT2D eigenvalue weighted by atomic mass is 35.5. The van der Waals surface area contributed by atoms with Crippen molar-refractivity contribution in [1.82, 2.24) is 4.98 Å². The van der Waals surface area contributed by atoms with Crippen molar-refractivity contribution in [3.63, 3.8) is 0 Å². The summed E-state index contributed by atoms with van der Waals surface area (Å²) in [4.78, 5) is 23.1. The maximum Gasteiger partial charge on any atom is 0.341 e. The van der Waals surface area contributed by atoms with Crippen LogP contribution in [0.5, 0.6) is 0 Å². The number of halogens is 1. The topological polar surface area (TPSA) is 70.2 Å². The molecule has 0 aliphatic heterocycles. The van der Waals surface area contributed by atoms with E-state index in [9.17, 15) is 9.59 Å². The Morgan fingerprint density at radius 3 is 2.55 bits per heavy atom. The van der Waals surface area contributed by atoms with Crippen molar-refractivity contribution in [2.45, 2.75) is 0 Å². The molecule has 1 aromatic rings. The van der Waals surface area contributed by atoms with Crippen LogP contribution in [0.15, 0.2) is 23.1 Å². The van der Waals surface area contributed by atoms with Crippen LogP contribution in [0.4, 0.5) is 0 Å². The molecule has 0 radical (unpaired) electrons. The van der Waals surface area contributed by atoms with Crippen molar-refractivity contribution in [3.8, 4) is 0 Å². The van der Waals surface area contributed by atoms with Gasteiger partial charge in [-0.1, -0.05) is 0 Å². The summed E-state index contributed by atoms with van der Waals surface area (Å²) in [6, 6.07) is 2.71. The van der Waals surface area contributed by atoms with Crippen LogP contribution >= 0.6 is 12.4 Å². The van der Waals surface area contributed by atoms with E-state index in [1.54, 1.807) is 0 Å². The van der Waals surface area contributed by atoms with Gasteiger partial charge in [-0.05, 0) is 12.1 Å². The number of aromatic carboxylic acids is 1. The van der Waals surface area contributed by atoms with Gasteiger partial charge < -0.3 is 10.1 Å². The predicted molar refractivity (Wildman–Crippen MR) is 41.3 cm³/mol. The standard InChI is InChI=1S/C6H5NO3.ClH/c8-5-4(6(9)10)2-1-3-7-5;/h1-3H,(H,7,8)(H,9,10);1H. The van der Waals surface area contributed by atoms with E-state index in [0.717, 1.165) is 0 Å². The van der Waals surface area contributed by atoms with Crippen LogP contribution in [0.2, 0.25) is 0 Å². The zero-order valence-corrected chi connectivity index (χ0v) is 6.22. The Morgan fingerprint density at radius 1 is 1.55 bits per heavy atom. The number of hydrogen-bond acceptors (Lipinski definition) is 2. The lowest BCUT2D eigenvalue weighted by molar-refractivity contribution is 0.0695. The summed E-state index contributed by atoms with van der Waals surface area (Å²) < 4.78 is 0. The number of rotatable bonds is 1. The molecule has 5 heteroatoms. The highest BCUT2D eigenvalue weighted by molar-refractivity contribution is 5.86. The second kappa shape index (κ2) is 3.78. The lowest BCUT2D eigenvalue weighted by atomic mass is 10.3. The van der Waals surface area contributed by atoms with Crippen LogP contribution in [-0.4, -0.2) is 16.1 Å². The minimum absolute atomic E-state index is 0. The lowest BCUT2D eigenvalue weighted by Gasteiger charge is -1.88. The van der Waals surface area contributed by atoms with Gasteiger partial charge in [-0.15, -0.1) is 12.4 Å². The Hall–Kier alpha value is -1.29. The van der Waals surface area contributed by atoms with Crippen LogP contribution in [0.3, 0.4) is 0 Å². The van der Waals surface area contributed by atoms with Gasteiger partial charge in [0.2, 0.25) is 0 Å². The first-order chi connectivity index (χ1) is 4.72. The first-order valence-corrected chi connectivity index (χ1v) is 2.63. The fraction of sp³-hybridized carbons (Fsp3) is 0. The van der Waals surface area contributed by atoms with Crippen LogP contribution in [-0.2, 0) is 0 Å². The Labute approximate surface area is 68.3 Å². The molecule has 2 N–H and O–H groups in total. The summed E-state index contributed by atoms with van der Waals surface area (Å²) in [5.74, 6) is -1.21. The number of nitrogens with one attached hydrogen (secondary N) is 1. The van der Waals surface area contributed by atoms with Gasteiger partial charge in [-0.3, -0.25) is 4.79 Å². The minimum atomic E-state index is -1.21. The van der Waals surface area contributed by atoms with Crippen LogP contribution < -0.4 is 5.56 Å². The molecular formula is C6H6ClNO3. The molecule has 0 aliphatic carbocycles. The van der Waals surface area contributed by atoms with Crippen LogP contribution in [0.25, 0.3) is 0 Å². The summed E-state index contributed by atoms with van der Waals surface area (Å²) in [5, 5.41) is 8.35. The molecule has 4 nitrogen and oxygen atoms in total. The second-order valence-corrected chi connectivity index (χ2v) is 1.72. The molecular weight excluding hydrogens is 170 g/mol. The molecule has 0 aromatic carbocycles. The fourth-order valence-electron chi connectivity index (χ4n) is 0.590. The molecule has 0 spiro atoms. The van der Waals surface area contributed by atoms with Crippen LogP contribution in [0, 0.1) is 0 Å². The van der Waals surface area contributed by atoms with E-state index in [0.29, 0.717) is 0 Å². The first-order valence-electron chi connectivity index (χ1n) is 2.63. The Kier molecular flexibility index (Phi) is 3.33. The average Bonchev–Trinajstić information content (AvgIpc) is 1.88. The third kappa shape index (κ3) is 2.09. The molecule has 0 unspecified atom stereocenters. The van der Waals surface area contributed by atoms with E-state index in [1.165, 1.54) is 18.3 Å². The van der Waals surface area contributed by atoms with Crippen molar-refractivity contribution in [2.24, 2.45) is 0 Å². The first kappa shape index (κ1) is 9.71. The summed E-state index contributed by atoms with van der Waals surface area (Å²) in [6.07, 6.45) is 1.38. The van der Waals surface area contributed by atoms with Gasteiger partial charge in [-0.25, -0.2) is 4.79 Å². The van der Waals surface area contributed by atoms with E-state index in [2.05, 4.69) is 4.98 Å². The van der Waals surface area contributed by atoms with E-state index >= 15 is 0 Å². The van der Waals surface area contributed by atoms with Gasteiger partial charge in [-0.2, -0.15) is 0 Å². The molecule has 0 saturated heterocycles. The quantitative estimate of drug-likeness (QED) is 0.653. The summed E-state index contributed by atoms with van der Waals surface area (Å²) in [6.45, 7) is 0. The molecule has 11 heavy (non-hydrogen) atoms. The Morgan fingerprint density at radius 2 is 2.18 bits per heavy atom. The van der Waals surface area contributed by atoms with Crippen molar-refractivity contribution < 1.29 is 9.90 Å². The normalized spacial score (nSPS) is 8.36. The van der Waals surface area contributed by atoms with E-state index in [-0.39, 0.29) is 18.0 Å². The maximum atomic E-state index is 10.6. The molecule has 0 bridgehead atoms. The molecule has 0 amide bonds. The minimum Gasteiger partial charge on any atom is -0.477 e. The largest absolute Gasteiger partial charge is 0.477 e. The number of carboxylic acid groups (broad SMARTS) is 1. The van der Waals surface area contributed by atoms with E-state index in [4.69, 9.17) is 5.11 Å². The van der Waals surface area contributed by atoms with Crippen molar-refractivity contribution in [1.29, 1.82) is 0 Å². The number of pyridine rings is 1. The van der Waals surface area contributed by atoms with E-state index in [1.807, 2.05) is 0 Å². The molecule has 0 atom stereocenters. The monoisotopic (exact) mass is 175 g/mol. The number of hydrogen-bond donors (Lipinski definition) is 2. The highest BCUT2D eigenvalue weighted by Crippen LogP contribution is 1.86. The smallest absolute Gasteiger partial charge is 0.341 e. The van der Waals surface area contributed by atoms with Crippen molar-refractivity contribution >= 4 is 18.4 Å². The average molecular weight is 176 g/mol.